The maximum Gasteiger partial charge on any atom is 0.238 e. The van der Waals surface area contributed by atoms with Gasteiger partial charge in [0, 0.05) is 7.05 Å². The molecule has 0 saturated carbocycles. The van der Waals surface area contributed by atoms with Crippen LogP contribution in [0.2, 0.25) is 0 Å². The van der Waals surface area contributed by atoms with Gasteiger partial charge in [-0.25, -0.2) is 9.97 Å². The minimum absolute atomic E-state index is 0.469. The molecule has 2 rings (SSSR count). The number of rotatable bonds is 3. The van der Waals surface area contributed by atoms with Crippen molar-refractivity contribution in [1.29, 1.82) is 0 Å². The number of halogens is 2. The van der Waals surface area contributed by atoms with Crippen LogP contribution < -0.4 is 10.1 Å². The molecule has 0 spiro atoms. The summed E-state index contributed by atoms with van der Waals surface area (Å²) in [6.07, 6.45) is 1.45. The van der Waals surface area contributed by atoms with E-state index in [2.05, 4.69) is 47.1 Å². The minimum Gasteiger partial charge on any atom is -0.436 e. The molecule has 1 heterocycles. The molecule has 6 heteroatoms. The van der Waals surface area contributed by atoms with E-state index in [9.17, 15) is 0 Å². The highest BCUT2D eigenvalue weighted by atomic mass is 79.9. The molecule has 1 aromatic heterocycles. The normalized spacial score (nSPS) is 10.1. The van der Waals surface area contributed by atoms with Gasteiger partial charge in [-0.05, 0) is 44.0 Å². The van der Waals surface area contributed by atoms with Gasteiger partial charge in [0.1, 0.15) is 22.4 Å². The number of nitrogens with zero attached hydrogens (tertiary/aromatic N) is 2. The largest absolute Gasteiger partial charge is 0.436 e. The van der Waals surface area contributed by atoms with Crippen molar-refractivity contribution in [3.05, 3.63) is 39.5 Å². The van der Waals surface area contributed by atoms with Crippen LogP contribution in [0, 0.1) is 0 Å². The summed E-state index contributed by atoms with van der Waals surface area (Å²) in [5.41, 5.74) is 0. The summed E-state index contributed by atoms with van der Waals surface area (Å²) in [5.74, 6) is 1.85. The zero-order chi connectivity index (χ0) is 12.3. The van der Waals surface area contributed by atoms with Gasteiger partial charge < -0.3 is 10.1 Å². The molecule has 0 aliphatic heterocycles. The predicted octanol–water partition coefficient (Wildman–Crippen LogP) is 3.84. The molecule has 1 aromatic carbocycles. The highest BCUT2D eigenvalue weighted by Gasteiger charge is 2.10. The van der Waals surface area contributed by atoms with Gasteiger partial charge in [0.05, 0.1) is 4.47 Å². The van der Waals surface area contributed by atoms with E-state index in [0.717, 1.165) is 4.47 Å². The van der Waals surface area contributed by atoms with Gasteiger partial charge in [-0.1, -0.05) is 12.1 Å². The zero-order valence-corrected chi connectivity index (χ0v) is 12.1. The first-order valence-electron chi connectivity index (χ1n) is 4.83. The third-order valence-electron chi connectivity index (χ3n) is 2.04. The van der Waals surface area contributed by atoms with E-state index in [1.54, 1.807) is 7.05 Å². The van der Waals surface area contributed by atoms with Gasteiger partial charge in [0.15, 0.2) is 0 Å². The van der Waals surface area contributed by atoms with E-state index in [1.807, 2.05) is 24.3 Å². The Morgan fingerprint density at radius 3 is 2.65 bits per heavy atom. The molecule has 0 aliphatic carbocycles. The quantitative estimate of drug-likeness (QED) is 0.905. The smallest absolute Gasteiger partial charge is 0.238 e. The fourth-order valence-corrected chi connectivity index (χ4v) is 2.08. The molecule has 2 aromatic rings. The summed E-state index contributed by atoms with van der Waals surface area (Å²) >= 11 is 6.81. The molecule has 0 radical (unpaired) electrons. The molecule has 0 amide bonds. The third kappa shape index (κ3) is 2.76. The van der Waals surface area contributed by atoms with Crippen LogP contribution >= 0.6 is 31.9 Å². The number of nitrogens with one attached hydrogen (secondary N) is 1. The molecule has 0 unspecified atom stereocenters. The van der Waals surface area contributed by atoms with Crippen molar-refractivity contribution in [2.75, 3.05) is 12.4 Å². The number of ether oxygens (including phenoxy) is 1. The Morgan fingerprint density at radius 1 is 1.18 bits per heavy atom. The number of hydrogen-bond donors (Lipinski definition) is 1. The van der Waals surface area contributed by atoms with Crippen LogP contribution in [0.25, 0.3) is 0 Å². The van der Waals surface area contributed by atoms with Crippen molar-refractivity contribution in [2.45, 2.75) is 0 Å². The molecule has 1 N–H and O–H groups in total. The third-order valence-corrected chi connectivity index (χ3v) is 3.41. The standard InChI is InChI=1S/C11H9Br2N3O/c1-14-10-9(13)11(16-6-15-10)17-8-5-3-2-4-7(8)12/h2-6H,1H3,(H,14,15,16). The maximum absolute atomic E-state index is 5.70. The molecule has 0 saturated heterocycles. The fraction of sp³-hybridized carbons (Fsp3) is 0.0909. The van der Waals surface area contributed by atoms with Crippen molar-refractivity contribution in [2.24, 2.45) is 0 Å². The van der Waals surface area contributed by atoms with E-state index in [1.165, 1.54) is 6.33 Å². The summed E-state index contributed by atoms with van der Waals surface area (Å²) in [4.78, 5) is 8.14. The Hall–Kier alpha value is -1.14. The van der Waals surface area contributed by atoms with Crippen LogP contribution in [-0.2, 0) is 0 Å². The lowest BCUT2D eigenvalue weighted by atomic mass is 10.3. The van der Waals surface area contributed by atoms with Crippen LogP contribution in [0.15, 0.2) is 39.5 Å². The maximum atomic E-state index is 5.70. The van der Waals surface area contributed by atoms with E-state index >= 15 is 0 Å². The van der Waals surface area contributed by atoms with Crippen molar-refractivity contribution in [3.8, 4) is 11.6 Å². The van der Waals surface area contributed by atoms with Gasteiger partial charge in [-0.3, -0.25) is 0 Å². The fourth-order valence-electron chi connectivity index (χ4n) is 1.23. The number of para-hydroxylation sites is 1. The van der Waals surface area contributed by atoms with Crippen molar-refractivity contribution >= 4 is 37.7 Å². The molecule has 0 bridgehead atoms. The topological polar surface area (TPSA) is 47.0 Å². The highest BCUT2D eigenvalue weighted by Crippen LogP contribution is 2.34. The van der Waals surface area contributed by atoms with Crippen LogP contribution in [0.4, 0.5) is 5.82 Å². The van der Waals surface area contributed by atoms with Crippen molar-refractivity contribution in [1.82, 2.24) is 9.97 Å². The zero-order valence-electron chi connectivity index (χ0n) is 8.95. The first kappa shape index (κ1) is 12.3. The monoisotopic (exact) mass is 357 g/mol. The SMILES string of the molecule is CNc1ncnc(Oc2ccccc2Br)c1Br. The van der Waals surface area contributed by atoms with Crippen LogP contribution in [0.5, 0.6) is 11.6 Å². The van der Waals surface area contributed by atoms with Gasteiger partial charge in [-0.2, -0.15) is 0 Å². The average molecular weight is 359 g/mol. The van der Waals surface area contributed by atoms with E-state index < -0.39 is 0 Å². The van der Waals surface area contributed by atoms with Crippen LogP contribution in [-0.4, -0.2) is 17.0 Å². The lowest BCUT2D eigenvalue weighted by Gasteiger charge is -2.09. The first-order valence-corrected chi connectivity index (χ1v) is 6.41. The number of hydrogen-bond acceptors (Lipinski definition) is 4. The van der Waals surface area contributed by atoms with Crippen LogP contribution in [0.3, 0.4) is 0 Å². The molecule has 88 valence electrons. The second-order valence-electron chi connectivity index (χ2n) is 3.12. The number of benzene rings is 1. The lowest BCUT2D eigenvalue weighted by molar-refractivity contribution is 0.456. The Bertz CT molecular complexity index is 534. The van der Waals surface area contributed by atoms with Gasteiger partial charge in [-0.15, -0.1) is 0 Å². The molecule has 17 heavy (non-hydrogen) atoms. The molecular formula is C11H9Br2N3O. The molecule has 4 nitrogen and oxygen atoms in total. The predicted molar refractivity (Wildman–Crippen MR) is 73.5 cm³/mol. The summed E-state index contributed by atoms with van der Waals surface area (Å²) in [6.45, 7) is 0. The Morgan fingerprint density at radius 2 is 1.94 bits per heavy atom. The summed E-state index contributed by atoms with van der Waals surface area (Å²) in [5, 5.41) is 2.95. The van der Waals surface area contributed by atoms with Crippen LogP contribution in [0.1, 0.15) is 0 Å². The minimum atomic E-state index is 0.469. The first-order chi connectivity index (χ1) is 8.22. The summed E-state index contributed by atoms with van der Waals surface area (Å²) in [7, 11) is 1.79. The van der Waals surface area contributed by atoms with Crippen molar-refractivity contribution < 1.29 is 4.74 Å². The van der Waals surface area contributed by atoms with Gasteiger partial charge in [0.25, 0.3) is 0 Å². The number of anilines is 1. The van der Waals surface area contributed by atoms with Gasteiger partial charge >= 0.3 is 0 Å². The lowest BCUT2D eigenvalue weighted by Crippen LogP contribution is -1.97. The highest BCUT2D eigenvalue weighted by molar-refractivity contribution is 9.11. The number of aromatic nitrogens is 2. The Balaban J connectivity index is 2.34. The van der Waals surface area contributed by atoms with E-state index in [4.69, 9.17) is 4.74 Å². The second kappa shape index (κ2) is 5.46. The molecule has 0 atom stereocenters. The second-order valence-corrected chi connectivity index (χ2v) is 4.77. The van der Waals surface area contributed by atoms with E-state index in [0.29, 0.717) is 21.9 Å². The van der Waals surface area contributed by atoms with Crippen molar-refractivity contribution in [3.63, 3.8) is 0 Å². The van der Waals surface area contributed by atoms with Gasteiger partial charge in [0.2, 0.25) is 5.88 Å². The molecular weight excluding hydrogens is 350 g/mol. The Kier molecular flexibility index (Phi) is 3.96. The summed E-state index contributed by atoms with van der Waals surface area (Å²) < 4.78 is 7.26. The summed E-state index contributed by atoms with van der Waals surface area (Å²) in [6, 6.07) is 7.58. The molecule has 0 fully saturated rings. The van der Waals surface area contributed by atoms with E-state index in [-0.39, 0.29) is 0 Å². The molecule has 0 aliphatic rings. The average Bonchev–Trinajstić information content (AvgIpc) is 2.34. The Labute approximate surface area is 116 Å².